The topological polar surface area (TPSA) is 67.2 Å². The van der Waals surface area contributed by atoms with Gasteiger partial charge in [0.15, 0.2) is 0 Å². The molecule has 0 fully saturated rings. The number of hydrogen-bond acceptors (Lipinski definition) is 4. The van der Waals surface area contributed by atoms with Crippen molar-refractivity contribution in [2.75, 3.05) is 24.6 Å². The molecular formula is C10H17N3OS. The van der Waals surface area contributed by atoms with E-state index in [0.29, 0.717) is 16.5 Å². The Kier molecular flexibility index (Phi) is 3.96. The smallest absolute Gasteiger partial charge is 0.263 e. The fourth-order valence-electron chi connectivity index (χ4n) is 1.09. The Hall–Kier alpha value is -1.23. The lowest BCUT2D eigenvalue weighted by Gasteiger charge is -2.05. The molecule has 0 saturated heterocycles. The zero-order valence-electron chi connectivity index (χ0n) is 9.26. The average Bonchev–Trinajstić information content (AvgIpc) is 2.55. The Morgan fingerprint density at radius 3 is 2.80 bits per heavy atom. The van der Waals surface area contributed by atoms with Crippen molar-refractivity contribution in [2.45, 2.75) is 13.8 Å². The molecule has 0 atom stereocenters. The summed E-state index contributed by atoms with van der Waals surface area (Å²) in [5.41, 5.74) is 6.27. The Morgan fingerprint density at radius 1 is 1.60 bits per heavy atom. The van der Waals surface area contributed by atoms with Crippen molar-refractivity contribution in [3.63, 3.8) is 0 Å². The first-order chi connectivity index (χ1) is 7.04. The quantitative estimate of drug-likeness (QED) is 0.734. The Morgan fingerprint density at radius 2 is 2.27 bits per heavy atom. The van der Waals surface area contributed by atoms with E-state index in [1.807, 2.05) is 0 Å². The van der Waals surface area contributed by atoms with Crippen LogP contribution < -0.4 is 16.4 Å². The monoisotopic (exact) mass is 227 g/mol. The van der Waals surface area contributed by atoms with Crippen LogP contribution in [0, 0.1) is 5.92 Å². The van der Waals surface area contributed by atoms with Crippen LogP contribution in [0.5, 0.6) is 0 Å². The molecule has 0 aliphatic heterocycles. The number of nitrogens with one attached hydrogen (secondary N) is 2. The van der Waals surface area contributed by atoms with Gasteiger partial charge in [-0.3, -0.25) is 4.79 Å². The molecule has 0 aliphatic rings. The summed E-state index contributed by atoms with van der Waals surface area (Å²) in [4.78, 5) is 12.0. The molecule has 4 nitrogen and oxygen atoms in total. The summed E-state index contributed by atoms with van der Waals surface area (Å²) in [6.07, 6.45) is 0. The van der Waals surface area contributed by atoms with Crippen molar-refractivity contribution in [2.24, 2.45) is 5.92 Å². The minimum Gasteiger partial charge on any atom is -0.397 e. The minimum atomic E-state index is -0.130. The maximum absolute atomic E-state index is 11.4. The molecule has 0 saturated carbocycles. The third kappa shape index (κ3) is 3.13. The van der Waals surface area contributed by atoms with E-state index < -0.39 is 0 Å². The Labute approximate surface area is 93.9 Å². The number of hydrogen-bond donors (Lipinski definition) is 3. The average molecular weight is 227 g/mol. The molecule has 15 heavy (non-hydrogen) atoms. The van der Waals surface area contributed by atoms with Gasteiger partial charge < -0.3 is 16.4 Å². The second-order valence-corrected chi connectivity index (χ2v) is 4.80. The predicted molar refractivity (Wildman–Crippen MR) is 65.4 cm³/mol. The summed E-state index contributed by atoms with van der Waals surface area (Å²) >= 11 is 1.39. The van der Waals surface area contributed by atoms with Gasteiger partial charge in [-0.1, -0.05) is 13.8 Å². The van der Waals surface area contributed by atoms with Crippen LogP contribution in [0.25, 0.3) is 0 Å². The van der Waals surface area contributed by atoms with Crippen molar-refractivity contribution in [3.8, 4) is 0 Å². The van der Waals surface area contributed by atoms with E-state index in [0.717, 1.165) is 11.5 Å². The van der Waals surface area contributed by atoms with Gasteiger partial charge in [-0.2, -0.15) is 0 Å². The fraction of sp³-hybridized carbons (Fsp3) is 0.500. The van der Waals surface area contributed by atoms with Crippen LogP contribution in [-0.4, -0.2) is 19.5 Å². The molecular weight excluding hydrogens is 210 g/mol. The third-order valence-corrected chi connectivity index (χ3v) is 2.99. The summed E-state index contributed by atoms with van der Waals surface area (Å²) in [7, 11) is 1.60. The molecule has 1 rings (SSSR count). The normalized spacial score (nSPS) is 10.4. The highest BCUT2D eigenvalue weighted by Gasteiger charge is 2.12. The van der Waals surface area contributed by atoms with E-state index in [9.17, 15) is 4.79 Å². The number of carbonyl (C=O) groups is 1. The molecule has 0 aromatic carbocycles. The highest BCUT2D eigenvalue weighted by Crippen LogP contribution is 2.29. The molecule has 0 aliphatic carbocycles. The Balaban J connectivity index is 2.72. The molecule has 4 N–H and O–H groups in total. The summed E-state index contributed by atoms with van der Waals surface area (Å²) in [5.74, 6) is 0.437. The van der Waals surface area contributed by atoms with Crippen molar-refractivity contribution < 1.29 is 4.79 Å². The molecule has 0 radical (unpaired) electrons. The minimum absolute atomic E-state index is 0.130. The molecule has 0 unspecified atom stereocenters. The lowest BCUT2D eigenvalue weighted by molar-refractivity contribution is 0.0968. The second kappa shape index (κ2) is 5.02. The van der Waals surface area contributed by atoms with Gasteiger partial charge >= 0.3 is 0 Å². The molecule has 1 amide bonds. The number of rotatable bonds is 4. The SMILES string of the molecule is CNC(=O)c1sc(NCC(C)C)cc1N. The molecule has 0 spiro atoms. The van der Waals surface area contributed by atoms with E-state index in [2.05, 4.69) is 24.5 Å². The van der Waals surface area contributed by atoms with E-state index in [-0.39, 0.29) is 5.91 Å². The number of nitrogen functional groups attached to an aromatic ring is 1. The van der Waals surface area contributed by atoms with E-state index in [1.54, 1.807) is 13.1 Å². The largest absolute Gasteiger partial charge is 0.397 e. The lowest BCUT2D eigenvalue weighted by atomic mass is 10.2. The van der Waals surface area contributed by atoms with Crippen molar-refractivity contribution >= 4 is 27.9 Å². The van der Waals surface area contributed by atoms with Gasteiger partial charge in [0, 0.05) is 13.6 Å². The molecule has 84 valence electrons. The van der Waals surface area contributed by atoms with Gasteiger partial charge in [0.2, 0.25) is 0 Å². The number of amides is 1. The number of nitrogens with two attached hydrogens (primary N) is 1. The van der Waals surface area contributed by atoms with Gasteiger partial charge in [-0.15, -0.1) is 11.3 Å². The van der Waals surface area contributed by atoms with Crippen LogP contribution >= 0.6 is 11.3 Å². The maximum Gasteiger partial charge on any atom is 0.263 e. The third-order valence-electron chi connectivity index (χ3n) is 1.88. The molecule has 0 bridgehead atoms. The lowest BCUT2D eigenvalue weighted by Crippen LogP contribution is -2.17. The number of carbonyl (C=O) groups excluding carboxylic acids is 1. The number of thiophene rings is 1. The maximum atomic E-state index is 11.4. The number of anilines is 2. The first kappa shape index (κ1) is 11.8. The van der Waals surface area contributed by atoms with Gasteiger partial charge in [-0.05, 0) is 12.0 Å². The standard InChI is InChI=1S/C10H17N3OS/c1-6(2)5-13-8-4-7(11)9(15-8)10(14)12-3/h4,6,13H,5,11H2,1-3H3,(H,12,14). The van der Waals surface area contributed by atoms with Crippen LogP contribution in [-0.2, 0) is 0 Å². The van der Waals surface area contributed by atoms with Crippen LogP contribution in [0.3, 0.4) is 0 Å². The Bertz CT molecular complexity index is 346. The molecule has 1 heterocycles. The van der Waals surface area contributed by atoms with Crippen molar-refractivity contribution in [3.05, 3.63) is 10.9 Å². The van der Waals surface area contributed by atoms with E-state index in [4.69, 9.17) is 5.73 Å². The van der Waals surface area contributed by atoms with Crippen LogP contribution in [0.15, 0.2) is 6.07 Å². The van der Waals surface area contributed by atoms with Crippen LogP contribution in [0.1, 0.15) is 23.5 Å². The van der Waals surface area contributed by atoms with Crippen molar-refractivity contribution in [1.29, 1.82) is 0 Å². The first-order valence-corrected chi connectivity index (χ1v) is 5.71. The summed E-state index contributed by atoms with van der Waals surface area (Å²) in [6, 6.07) is 1.80. The molecule has 1 aromatic heterocycles. The molecule has 1 aromatic rings. The predicted octanol–water partition coefficient (Wildman–Crippen LogP) is 1.76. The van der Waals surface area contributed by atoms with Crippen LogP contribution in [0.4, 0.5) is 10.7 Å². The van der Waals surface area contributed by atoms with E-state index >= 15 is 0 Å². The van der Waals surface area contributed by atoms with Gasteiger partial charge in [0.1, 0.15) is 4.88 Å². The summed E-state index contributed by atoms with van der Waals surface area (Å²) in [6.45, 7) is 5.14. The highest BCUT2D eigenvalue weighted by molar-refractivity contribution is 7.18. The summed E-state index contributed by atoms with van der Waals surface area (Å²) < 4.78 is 0. The van der Waals surface area contributed by atoms with Crippen molar-refractivity contribution in [1.82, 2.24) is 5.32 Å². The summed E-state index contributed by atoms with van der Waals surface area (Å²) in [5, 5.41) is 6.75. The first-order valence-electron chi connectivity index (χ1n) is 4.89. The zero-order chi connectivity index (χ0) is 11.4. The van der Waals surface area contributed by atoms with Gasteiger partial charge in [0.05, 0.1) is 10.7 Å². The highest BCUT2D eigenvalue weighted by atomic mass is 32.1. The van der Waals surface area contributed by atoms with E-state index in [1.165, 1.54) is 11.3 Å². The fourth-order valence-corrected chi connectivity index (χ4v) is 2.02. The zero-order valence-corrected chi connectivity index (χ0v) is 10.1. The van der Waals surface area contributed by atoms with Crippen LogP contribution in [0.2, 0.25) is 0 Å². The van der Waals surface area contributed by atoms with Gasteiger partial charge in [0.25, 0.3) is 5.91 Å². The van der Waals surface area contributed by atoms with Gasteiger partial charge in [-0.25, -0.2) is 0 Å². The second-order valence-electron chi connectivity index (χ2n) is 3.75. The molecule has 5 heteroatoms.